The predicted molar refractivity (Wildman–Crippen MR) is 65.9 cm³/mol. The molecule has 1 aliphatic heterocycles. The van der Waals surface area contributed by atoms with E-state index in [1.54, 1.807) is 18.3 Å². The molecule has 1 saturated heterocycles. The van der Waals surface area contributed by atoms with Crippen molar-refractivity contribution in [2.75, 3.05) is 19.6 Å². The molecule has 1 aromatic heterocycles. The van der Waals surface area contributed by atoms with Gasteiger partial charge in [-0.1, -0.05) is 0 Å². The van der Waals surface area contributed by atoms with Crippen LogP contribution >= 0.6 is 11.3 Å². The lowest BCUT2D eigenvalue weighted by molar-refractivity contribution is -0.116. The molecular weight excluding hydrogens is 220 g/mol. The summed E-state index contributed by atoms with van der Waals surface area (Å²) in [5.74, 6) is 0.191. The molecule has 88 valence electrons. The Bertz CT molecular complexity index is 356. The molecule has 1 aliphatic rings. The molecule has 0 radical (unpaired) electrons. The summed E-state index contributed by atoms with van der Waals surface area (Å²) in [7, 11) is 0. The fraction of sp³-hybridized carbons (Fsp3) is 0.667. The first-order valence-corrected chi connectivity index (χ1v) is 6.77. The van der Waals surface area contributed by atoms with Gasteiger partial charge in [0.05, 0.1) is 10.7 Å². The lowest BCUT2D eigenvalue weighted by atomic mass is 10.2. The Morgan fingerprint density at radius 2 is 2.25 bits per heavy atom. The molecule has 2 heterocycles. The zero-order valence-electron chi connectivity index (χ0n) is 9.74. The van der Waals surface area contributed by atoms with E-state index in [9.17, 15) is 4.79 Å². The average molecular weight is 238 g/mol. The van der Waals surface area contributed by atoms with E-state index in [4.69, 9.17) is 0 Å². The Kier molecular flexibility index (Phi) is 4.07. The van der Waals surface area contributed by atoms with Crippen molar-refractivity contribution in [1.29, 1.82) is 0 Å². The number of carbonyl (C=O) groups is 1. The van der Waals surface area contributed by atoms with Gasteiger partial charge in [-0.2, -0.15) is 0 Å². The zero-order valence-corrected chi connectivity index (χ0v) is 10.6. The molecule has 3 nitrogen and oxygen atoms in total. The molecule has 16 heavy (non-hydrogen) atoms. The summed E-state index contributed by atoms with van der Waals surface area (Å²) < 4.78 is 0. The highest BCUT2D eigenvalue weighted by molar-refractivity contribution is 7.09. The van der Waals surface area contributed by atoms with Gasteiger partial charge in [-0.25, -0.2) is 4.98 Å². The third kappa shape index (κ3) is 3.39. The minimum atomic E-state index is 0.191. The Balaban J connectivity index is 1.80. The van der Waals surface area contributed by atoms with Crippen LogP contribution in [0.3, 0.4) is 0 Å². The standard InChI is InChI=1S/C12H18N2OS/c1-10(15)8-11-9-16-12(13-11)4-7-14-5-2-3-6-14/h9H,2-8H2,1H3. The van der Waals surface area contributed by atoms with E-state index in [1.165, 1.54) is 30.9 Å². The van der Waals surface area contributed by atoms with Gasteiger partial charge in [0.25, 0.3) is 0 Å². The molecule has 0 saturated carbocycles. The first-order chi connectivity index (χ1) is 7.74. The number of carbonyl (C=O) groups excluding carboxylic acids is 1. The molecule has 1 fully saturated rings. The van der Waals surface area contributed by atoms with E-state index in [1.807, 2.05) is 5.38 Å². The second-order valence-electron chi connectivity index (χ2n) is 4.41. The van der Waals surface area contributed by atoms with Crippen LogP contribution in [-0.4, -0.2) is 35.3 Å². The largest absolute Gasteiger partial charge is 0.303 e. The number of hydrogen-bond donors (Lipinski definition) is 0. The molecule has 1 aromatic rings. The number of nitrogens with zero attached hydrogens (tertiary/aromatic N) is 2. The second kappa shape index (κ2) is 5.55. The fourth-order valence-electron chi connectivity index (χ4n) is 2.06. The van der Waals surface area contributed by atoms with Gasteiger partial charge in [0.15, 0.2) is 0 Å². The van der Waals surface area contributed by atoms with Crippen LogP contribution < -0.4 is 0 Å². The van der Waals surface area contributed by atoms with Gasteiger partial charge in [0, 0.05) is 24.8 Å². The number of rotatable bonds is 5. The zero-order chi connectivity index (χ0) is 11.4. The minimum Gasteiger partial charge on any atom is -0.303 e. The lowest BCUT2D eigenvalue weighted by Gasteiger charge is -2.12. The highest BCUT2D eigenvalue weighted by Crippen LogP contribution is 2.13. The summed E-state index contributed by atoms with van der Waals surface area (Å²) in [6.07, 6.45) is 4.20. The van der Waals surface area contributed by atoms with Gasteiger partial charge in [-0.15, -0.1) is 11.3 Å². The first-order valence-electron chi connectivity index (χ1n) is 5.89. The van der Waals surface area contributed by atoms with Crippen LogP contribution in [0.15, 0.2) is 5.38 Å². The van der Waals surface area contributed by atoms with Gasteiger partial charge in [0.2, 0.25) is 0 Å². The Hall–Kier alpha value is -0.740. The van der Waals surface area contributed by atoms with Crippen LogP contribution in [-0.2, 0) is 17.6 Å². The van der Waals surface area contributed by atoms with Gasteiger partial charge in [-0.05, 0) is 32.9 Å². The maximum absolute atomic E-state index is 10.9. The molecule has 0 aromatic carbocycles. The van der Waals surface area contributed by atoms with E-state index in [-0.39, 0.29) is 5.78 Å². The number of thiazole rings is 1. The maximum Gasteiger partial charge on any atom is 0.135 e. The van der Waals surface area contributed by atoms with Crippen LogP contribution in [0, 0.1) is 0 Å². The smallest absolute Gasteiger partial charge is 0.135 e. The van der Waals surface area contributed by atoms with Crippen LogP contribution in [0.5, 0.6) is 0 Å². The van der Waals surface area contributed by atoms with Crippen molar-refractivity contribution in [2.24, 2.45) is 0 Å². The monoisotopic (exact) mass is 238 g/mol. The quantitative estimate of drug-likeness (QED) is 0.785. The van der Waals surface area contributed by atoms with E-state index in [0.29, 0.717) is 6.42 Å². The number of Topliss-reactive ketones (excluding diaryl/α,β-unsaturated/α-hetero) is 1. The van der Waals surface area contributed by atoms with Crippen molar-refractivity contribution < 1.29 is 4.79 Å². The minimum absolute atomic E-state index is 0.191. The molecule has 2 rings (SSSR count). The van der Waals surface area contributed by atoms with E-state index in [0.717, 1.165) is 18.7 Å². The summed E-state index contributed by atoms with van der Waals surface area (Å²) in [5, 5.41) is 3.18. The molecule has 0 spiro atoms. The molecular formula is C12H18N2OS. The highest BCUT2D eigenvalue weighted by atomic mass is 32.1. The highest BCUT2D eigenvalue weighted by Gasteiger charge is 2.12. The molecule has 0 aliphatic carbocycles. The molecule has 0 unspecified atom stereocenters. The number of aromatic nitrogens is 1. The van der Waals surface area contributed by atoms with Crippen LogP contribution in [0.1, 0.15) is 30.5 Å². The van der Waals surface area contributed by atoms with E-state index < -0.39 is 0 Å². The van der Waals surface area contributed by atoms with Gasteiger partial charge >= 0.3 is 0 Å². The van der Waals surface area contributed by atoms with Gasteiger partial charge < -0.3 is 4.90 Å². The topological polar surface area (TPSA) is 33.2 Å². The van der Waals surface area contributed by atoms with Crippen LogP contribution in [0.25, 0.3) is 0 Å². The Morgan fingerprint density at radius 1 is 1.50 bits per heavy atom. The molecule has 0 atom stereocenters. The third-order valence-electron chi connectivity index (χ3n) is 2.87. The van der Waals surface area contributed by atoms with E-state index in [2.05, 4.69) is 9.88 Å². The molecule has 0 bridgehead atoms. The van der Waals surface area contributed by atoms with E-state index >= 15 is 0 Å². The Morgan fingerprint density at radius 3 is 2.94 bits per heavy atom. The van der Waals surface area contributed by atoms with Gasteiger partial charge in [-0.3, -0.25) is 4.79 Å². The Labute approximate surface area is 100 Å². The number of hydrogen-bond acceptors (Lipinski definition) is 4. The van der Waals surface area contributed by atoms with Crippen molar-refractivity contribution in [3.8, 4) is 0 Å². The first kappa shape index (κ1) is 11.7. The normalized spacial score (nSPS) is 16.8. The third-order valence-corrected chi connectivity index (χ3v) is 3.83. The van der Waals surface area contributed by atoms with Crippen molar-refractivity contribution in [2.45, 2.75) is 32.6 Å². The van der Waals surface area contributed by atoms with Crippen molar-refractivity contribution in [3.05, 3.63) is 16.1 Å². The van der Waals surface area contributed by atoms with Gasteiger partial charge in [0.1, 0.15) is 5.78 Å². The summed E-state index contributed by atoms with van der Waals surface area (Å²) in [5.41, 5.74) is 0.939. The second-order valence-corrected chi connectivity index (χ2v) is 5.35. The van der Waals surface area contributed by atoms with Crippen LogP contribution in [0.2, 0.25) is 0 Å². The predicted octanol–water partition coefficient (Wildman–Crippen LogP) is 1.91. The summed E-state index contributed by atoms with van der Waals surface area (Å²) >= 11 is 1.68. The molecule has 0 amide bonds. The maximum atomic E-state index is 10.9. The van der Waals surface area contributed by atoms with Crippen molar-refractivity contribution in [1.82, 2.24) is 9.88 Å². The summed E-state index contributed by atoms with van der Waals surface area (Å²) in [4.78, 5) is 17.9. The number of ketones is 1. The van der Waals surface area contributed by atoms with Crippen molar-refractivity contribution >= 4 is 17.1 Å². The number of likely N-dealkylation sites (tertiary alicyclic amines) is 1. The average Bonchev–Trinajstić information content (AvgIpc) is 2.84. The summed E-state index contributed by atoms with van der Waals surface area (Å²) in [6.45, 7) is 5.22. The fourth-order valence-corrected chi connectivity index (χ4v) is 2.85. The summed E-state index contributed by atoms with van der Waals surface area (Å²) in [6, 6.07) is 0. The lowest BCUT2D eigenvalue weighted by Crippen LogP contribution is -2.21. The van der Waals surface area contributed by atoms with Crippen LogP contribution in [0.4, 0.5) is 0 Å². The van der Waals surface area contributed by atoms with Crippen molar-refractivity contribution in [3.63, 3.8) is 0 Å². The SMILES string of the molecule is CC(=O)Cc1csc(CCN2CCCC2)n1. The molecule has 4 heteroatoms. The molecule has 0 N–H and O–H groups in total.